The van der Waals surface area contributed by atoms with Crippen molar-refractivity contribution in [2.24, 2.45) is 0 Å². The van der Waals surface area contributed by atoms with Crippen LogP contribution in [0.3, 0.4) is 0 Å². The third-order valence-corrected chi connectivity index (χ3v) is 2.81. The van der Waals surface area contributed by atoms with Crippen LogP contribution >= 0.6 is 15.9 Å². The molecule has 0 unspecified atom stereocenters. The van der Waals surface area contributed by atoms with Crippen LogP contribution in [0.4, 0.5) is 0 Å². The molecule has 0 aromatic heterocycles. The molecule has 0 atom stereocenters. The molecule has 0 N–H and O–H groups in total. The van der Waals surface area contributed by atoms with E-state index in [2.05, 4.69) is 15.9 Å². The molecule has 1 saturated heterocycles. The van der Waals surface area contributed by atoms with E-state index in [1.807, 2.05) is 33.7 Å². The van der Waals surface area contributed by atoms with Crippen LogP contribution < -0.4 is 0 Å². The summed E-state index contributed by atoms with van der Waals surface area (Å²) in [6, 6.07) is 0. The molecule has 0 spiro atoms. The Morgan fingerprint density at radius 3 is 1.83 bits per heavy atom. The quantitative estimate of drug-likeness (QED) is 0.647. The molecule has 1 rings (SSSR count). The zero-order valence-corrected chi connectivity index (χ0v) is 9.51. The topological polar surface area (TPSA) is 18.5 Å². The van der Waals surface area contributed by atoms with Crippen LogP contribution in [-0.2, 0) is 9.31 Å². The summed E-state index contributed by atoms with van der Waals surface area (Å²) in [4.78, 5) is 1.76. The van der Waals surface area contributed by atoms with Gasteiger partial charge in [0.25, 0.3) is 0 Å². The summed E-state index contributed by atoms with van der Waals surface area (Å²) in [5.74, 6) is 1.84. The van der Waals surface area contributed by atoms with Gasteiger partial charge in [-0.3, -0.25) is 0 Å². The number of hydrogen-bond acceptors (Lipinski definition) is 2. The van der Waals surface area contributed by atoms with E-state index >= 15 is 0 Å². The molecule has 1 fully saturated rings. The van der Waals surface area contributed by atoms with E-state index < -0.39 is 0 Å². The Labute approximate surface area is 82.6 Å². The van der Waals surface area contributed by atoms with Gasteiger partial charge in [-0.1, -0.05) is 15.9 Å². The smallest absolute Gasteiger partial charge is 0.400 e. The van der Waals surface area contributed by atoms with Crippen molar-refractivity contribution >= 4 is 23.0 Å². The first-order valence-electron chi connectivity index (χ1n) is 4.01. The first kappa shape index (κ1) is 10.3. The maximum absolute atomic E-state index is 5.67. The van der Waals surface area contributed by atoms with Gasteiger partial charge in [-0.2, -0.15) is 0 Å². The van der Waals surface area contributed by atoms with E-state index in [-0.39, 0.29) is 18.3 Å². The minimum absolute atomic E-state index is 0.227. The fourth-order valence-electron chi connectivity index (χ4n) is 1.03. The van der Waals surface area contributed by atoms with Gasteiger partial charge in [-0.15, -0.1) is 0 Å². The highest BCUT2D eigenvalue weighted by atomic mass is 79.9. The van der Waals surface area contributed by atoms with Crippen molar-refractivity contribution in [3.05, 3.63) is 11.0 Å². The number of halogens is 1. The lowest BCUT2D eigenvalue weighted by Gasteiger charge is -2.32. The summed E-state index contributed by atoms with van der Waals surface area (Å²) in [7, 11) is -0.227. The maximum Gasteiger partial charge on any atom is 0.487 e. The lowest BCUT2D eigenvalue weighted by molar-refractivity contribution is 0.00578. The van der Waals surface area contributed by atoms with Gasteiger partial charge in [0, 0.05) is 0 Å². The molecule has 12 heavy (non-hydrogen) atoms. The fraction of sp³-hybridized carbons (Fsp3) is 0.750. The molecule has 0 saturated carbocycles. The second-order valence-electron chi connectivity index (χ2n) is 3.94. The maximum atomic E-state index is 5.67. The Bertz CT molecular complexity index is 185. The first-order valence-corrected chi connectivity index (χ1v) is 4.93. The third-order valence-electron chi connectivity index (χ3n) is 2.50. The van der Waals surface area contributed by atoms with Crippen molar-refractivity contribution in [3.8, 4) is 0 Å². The Morgan fingerprint density at radius 1 is 1.08 bits per heavy atom. The zero-order chi connectivity index (χ0) is 9.41. The average Bonchev–Trinajstić information content (AvgIpc) is 2.02. The van der Waals surface area contributed by atoms with E-state index in [1.165, 1.54) is 0 Å². The molecular formula is C8H14BBrO2. The van der Waals surface area contributed by atoms with Crippen LogP contribution in [0.5, 0.6) is 0 Å². The minimum Gasteiger partial charge on any atom is -0.400 e. The molecule has 1 aliphatic heterocycles. The largest absolute Gasteiger partial charge is 0.487 e. The molecule has 0 aliphatic carbocycles. The molecule has 1 heterocycles. The summed E-state index contributed by atoms with van der Waals surface area (Å²) >= 11 is 3.19. The minimum atomic E-state index is -0.232. The van der Waals surface area contributed by atoms with Crippen LogP contribution in [0.2, 0.25) is 0 Å². The Balaban J connectivity index is 2.74. The molecule has 1 aliphatic rings. The van der Waals surface area contributed by atoms with E-state index in [4.69, 9.17) is 9.31 Å². The van der Waals surface area contributed by atoms with Crippen molar-refractivity contribution in [2.45, 2.75) is 38.9 Å². The van der Waals surface area contributed by atoms with Crippen LogP contribution in [-0.4, -0.2) is 18.3 Å². The van der Waals surface area contributed by atoms with E-state index in [0.717, 1.165) is 0 Å². The summed E-state index contributed by atoms with van der Waals surface area (Å²) in [6.45, 7) is 8.15. The van der Waals surface area contributed by atoms with Crippen LogP contribution in [0.1, 0.15) is 27.7 Å². The lowest BCUT2D eigenvalue weighted by Crippen LogP contribution is -2.41. The predicted octanol–water partition coefficient (Wildman–Crippen LogP) is 2.53. The summed E-state index contributed by atoms with van der Waals surface area (Å²) in [5.41, 5.74) is -0.464. The number of hydrogen-bond donors (Lipinski definition) is 0. The van der Waals surface area contributed by atoms with Gasteiger partial charge in [0.2, 0.25) is 0 Å². The molecular weight excluding hydrogens is 219 g/mol. The molecule has 0 bridgehead atoms. The Morgan fingerprint density at radius 2 is 1.50 bits per heavy atom. The Kier molecular flexibility index (Phi) is 2.71. The lowest BCUT2D eigenvalue weighted by atomic mass is 9.90. The van der Waals surface area contributed by atoms with Gasteiger partial charge in [-0.05, 0) is 38.7 Å². The van der Waals surface area contributed by atoms with Gasteiger partial charge in [0.05, 0.1) is 11.2 Å². The monoisotopic (exact) mass is 232 g/mol. The third kappa shape index (κ3) is 1.75. The normalized spacial score (nSPS) is 26.9. The molecule has 0 amide bonds. The van der Waals surface area contributed by atoms with Crippen molar-refractivity contribution in [1.29, 1.82) is 0 Å². The number of rotatable bonds is 1. The Hall–Kier alpha value is 0.205. The molecule has 68 valence electrons. The first-order chi connectivity index (χ1) is 5.39. The fourth-order valence-corrected chi connectivity index (χ4v) is 1.28. The average molecular weight is 233 g/mol. The zero-order valence-electron chi connectivity index (χ0n) is 7.93. The summed E-state index contributed by atoms with van der Waals surface area (Å²) in [5, 5.41) is 0. The second kappa shape index (κ2) is 3.16. The molecule has 4 heteroatoms. The predicted molar refractivity (Wildman–Crippen MR) is 54.1 cm³/mol. The van der Waals surface area contributed by atoms with Crippen molar-refractivity contribution < 1.29 is 9.31 Å². The standard InChI is InChI=1S/C8H14BBrO2/c1-7(2)8(3,4)12-9(11-7)5-6-10/h5-6H,1-4H3. The van der Waals surface area contributed by atoms with Crippen molar-refractivity contribution in [1.82, 2.24) is 0 Å². The van der Waals surface area contributed by atoms with E-state index in [1.54, 1.807) is 4.99 Å². The van der Waals surface area contributed by atoms with Gasteiger partial charge in [-0.25, -0.2) is 0 Å². The van der Waals surface area contributed by atoms with Gasteiger partial charge in [0.1, 0.15) is 0 Å². The van der Waals surface area contributed by atoms with Gasteiger partial charge < -0.3 is 9.31 Å². The van der Waals surface area contributed by atoms with Crippen LogP contribution in [0.15, 0.2) is 11.0 Å². The highest BCUT2D eigenvalue weighted by molar-refractivity contribution is 9.11. The molecule has 0 radical (unpaired) electrons. The second-order valence-corrected chi connectivity index (χ2v) is 4.47. The van der Waals surface area contributed by atoms with Crippen molar-refractivity contribution in [2.75, 3.05) is 0 Å². The molecule has 0 aromatic rings. The van der Waals surface area contributed by atoms with E-state index in [0.29, 0.717) is 0 Å². The van der Waals surface area contributed by atoms with Gasteiger partial charge >= 0.3 is 7.12 Å². The summed E-state index contributed by atoms with van der Waals surface area (Å²) in [6.07, 6.45) is 0. The molecule has 0 aromatic carbocycles. The highest BCUT2D eigenvalue weighted by Crippen LogP contribution is 2.36. The van der Waals surface area contributed by atoms with E-state index in [9.17, 15) is 0 Å². The van der Waals surface area contributed by atoms with Gasteiger partial charge in [0.15, 0.2) is 0 Å². The van der Waals surface area contributed by atoms with Crippen molar-refractivity contribution in [3.63, 3.8) is 0 Å². The SMILES string of the molecule is CC1(C)OB(C=CBr)OC1(C)C. The van der Waals surface area contributed by atoms with Crippen LogP contribution in [0, 0.1) is 0 Å². The highest BCUT2D eigenvalue weighted by Gasteiger charge is 2.49. The summed E-state index contributed by atoms with van der Waals surface area (Å²) < 4.78 is 11.3. The molecule has 2 nitrogen and oxygen atoms in total. The van der Waals surface area contributed by atoms with Crippen LogP contribution in [0.25, 0.3) is 0 Å².